The van der Waals surface area contributed by atoms with Crippen molar-refractivity contribution in [1.82, 2.24) is 15.2 Å². The molecule has 0 spiro atoms. The summed E-state index contributed by atoms with van der Waals surface area (Å²) in [4.78, 5) is 6.92. The summed E-state index contributed by atoms with van der Waals surface area (Å²) in [6.45, 7) is 4.87. The smallest absolute Gasteiger partial charge is 0.142 e. The first-order valence-corrected chi connectivity index (χ1v) is 8.29. The second kappa shape index (κ2) is 6.58. The molecule has 2 heterocycles. The number of halogens is 3. The fraction of sp³-hybridized carbons (Fsp3) is 0.357. The van der Waals surface area contributed by atoms with Gasteiger partial charge in [0.05, 0.1) is 22.3 Å². The first kappa shape index (κ1) is 15.2. The first-order chi connectivity index (χ1) is 10.1. The van der Waals surface area contributed by atoms with Crippen molar-refractivity contribution in [2.24, 2.45) is 0 Å². The lowest BCUT2D eigenvalue weighted by Gasteiger charge is -2.26. The molecule has 1 saturated heterocycles. The molecule has 1 fully saturated rings. The second-order valence-electron chi connectivity index (χ2n) is 4.90. The maximum absolute atomic E-state index is 13.6. The van der Waals surface area contributed by atoms with Crippen molar-refractivity contribution in [3.05, 3.63) is 38.4 Å². The van der Waals surface area contributed by atoms with Gasteiger partial charge < -0.3 is 5.32 Å². The molecule has 2 aromatic rings. The van der Waals surface area contributed by atoms with Crippen molar-refractivity contribution < 1.29 is 4.39 Å². The zero-order valence-corrected chi connectivity index (χ0v) is 13.5. The molecule has 0 atom stereocenters. The van der Waals surface area contributed by atoms with E-state index >= 15 is 0 Å². The van der Waals surface area contributed by atoms with E-state index in [1.165, 1.54) is 12.1 Å². The highest BCUT2D eigenvalue weighted by Crippen LogP contribution is 2.33. The van der Waals surface area contributed by atoms with Gasteiger partial charge in [0, 0.05) is 37.1 Å². The monoisotopic (exact) mass is 345 g/mol. The fourth-order valence-electron chi connectivity index (χ4n) is 2.29. The number of piperazine rings is 1. The summed E-state index contributed by atoms with van der Waals surface area (Å²) in [5.74, 6) is -0.479. The van der Waals surface area contributed by atoms with E-state index in [1.807, 2.05) is 5.38 Å². The van der Waals surface area contributed by atoms with Gasteiger partial charge in [0.1, 0.15) is 10.8 Å². The van der Waals surface area contributed by atoms with Gasteiger partial charge in [0.25, 0.3) is 0 Å². The SMILES string of the molecule is Fc1cc(-c2csc(CN3CCNCC3)n2)c(Cl)cc1Cl. The van der Waals surface area contributed by atoms with E-state index in [0.717, 1.165) is 37.7 Å². The van der Waals surface area contributed by atoms with Crippen molar-refractivity contribution >= 4 is 34.5 Å². The summed E-state index contributed by atoms with van der Waals surface area (Å²) in [6.07, 6.45) is 0. The summed E-state index contributed by atoms with van der Waals surface area (Å²) >= 11 is 13.4. The number of hydrogen-bond acceptors (Lipinski definition) is 4. The van der Waals surface area contributed by atoms with Crippen molar-refractivity contribution in [3.8, 4) is 11.3 Å². The molecule has 3 nitrogen and oxygen atoms in total. The number of benzene rings is 1. The molecule has 1 aromatic carbocycles. The quantitative estimate of drug-likeness (QED) is 0.860. The molecule has 1 aromatic heterocycles. The predicted molar refractivity (Wildman–Crippen MR) is 85.7 cm³/mol. The Bertz CT molecular complexity index is 641. The Morgan fingerprint density at radius 1 is 1.24 bits per heavy atom. The van der Waals surface area contributed by atoms with Crippen molar-refractivity contribution in [2.45, 2.75) is 6.54 Å². The Kier molecular flexibility index (Phi) is 4.76. The van der Waals surface area contributed by atoms with Crippen LogP contribution in [0.3, 0.4) is 0 Å². The van der Waals surface area contributed by atoms with Gasteiger partial charge in [-0.15, -0.1) is 11.3 Å². The molecule has 0 saturated carbocycles. The summed E-state index contributed by atoms with van der Waals surface area (Å²) in [5.41, 5.74) is 1.28. The van der Waals surface area contributed by atoms with E-state index in [1.54, 1.807) is 11.3 Å². The zero-order valence-electron chi connectivity index (χ0n) is 11.2. The summed E-state index contributed by atoms with van der Waals surface area (Å²) in [5, 5.41) is 6.69. The van der Waals surface area contributed by atoms with Crippen LogP contribution in [0.15, 0.2) is 17.5 Å². The van der Waals surface area contributed by atoms with E-state index < -0.39 is 5.82 Å². The van der Waals surface area contributed by atoms with E-state index in [4.69, 9.17) is 23.2 Å². The van der Waals surface area contributed by atoms with E-state index in [2.05, 4.69) is 15.2 Å². The molecular formula is C14H14Cl2FN3S. The number of nitrogens with zero attached hydrogens (tertiary/aromatic N) is 2. The highest BCUT2D eigenvalue weighted by atomic mass is 35.5. The van der Waals surface area contributed by atoms with Crippen LogP contribution in [0.1, 0.15) is 5.01 Å². The lowest BCUT2D eigenvalue weighted by atomic mass is 10.1. The van der Waals surface area contributed by atoms with Crippen LogP contribution < -0.4 is 5.32 Å². The number of nitrogens with one attached hydrogen (secondary N) is 1. The molecule has 1 N–H and O–H groups in total. The lowest BCUT2D eigenvalue weighted by molar-refractivity contribution is 0.233. The Balaban J connectivity index is 1.79. The van der Waals surface area contributed by atoms with Crippen LogP contribution in [0.25, 0.3) is 11.3 Å². The summed E-state index contributed by atoms with van der Waals surface area (Å²) < 4.78 is 13.6. The standard InChI is InChI=1S/C14H14Cl2FN3S/c15-10-6-11(16)12(17)5-9(10)13-8-21-14(19-13)7-20-3-1-18-2-4-20/h5-6,8,18H,1-4,7H2. The first-order valence-electron chi connectivity index (χ1n) is 6.66. The molecule has 7 heteroatoms. The van der Waals surface area contributed by atoms with Crippen molar-refractivity contribution in [2.75, 3.05) is 26.2 Å². The number of rotatable bonds is 3. The van der Waals surface area contributed by atoms with Gasteiger partial charge in [-0.1, -0.05) is 23.2 Å². The Hall–Kier alpha value is -0.720. The van der Waals surface area contributed by atoms with Crippen LogP contribution in [-0.2, 0) is 6.54 Å². The molecule has 0 unspecified atom stereocenters. The molecule has 3 rings (SSSR count). The predicted octanol–water partition coefficient (Wildman–Crippen LogP) is 3.66. The third-order valence-electron chi connectivity index (χ3n) is 3.41. The Morgan fingerprint density at radius 3 is 2.76 bits per heavy atom. The van der Waals surface area contributed by atoms with E-state index in [9.17, 15) is 4.39 Å². The van der Waals surface area contributed by atoms with Gasteiger partial charge in [0.2, 0.25) is 0 Å². The van der Waals surface area contributed by atoms with Crippen molar-refractivity contribution in [1.29, 1.82) is 0 Å². The molecule has 0 radical (unpaired) electrons. The number of aromatic nitrogens is 1. The number of thiazole rings is 1. The molecule has 1 aliphatic heterocycles. The molecule has 0 amide bonds. The number of hydrogen-bond donors (Lipinski definition) is 1. The summed E-state index contributed by atoms with van der Waals surface area (Å²) in [6, 6.07) is 2.76. The molecule has 1 aliphatic rings. The Morgan fingerprint density at radius 2 is 2.00 bits per heavy atom. The van der Waals surface area contributed by atoms with Gasteiger partial charge in [-0.25, -0.2) is 9.37 Å². The minimum atomic E-state index is -0.479. The average molecular weight is 346 g/mol. The minimum Gasteiger partial charge on any atom is -0.314 e. The van der Waals surface area contributed by atoms with Crippen LogP contribution in [0.2, 0.25) is 10.0 Å². The van der Waals surface area contributed by atoms with E-state index in [0.29, 0.717) is 16.3 Å². The van der Waals surface area contributed by atoms with Gasteiger partial charge in [0.15, 0.2) is 0 Å². The molecular weight excluding hydrogens is 332 g/mol. The average Bonchev–Trinajstić information content (AvgIpc) is 2.92. The van der Waals surface area contributed by atoms with Gasteiger partial charge in [-0.3, -0.25) is 4.90 Å². The Labute approximate surface area is 136 Å². The molecule has 0 bridgehead atoms. The zero-order chi connectivity index (χ0) is 14.8. The lowest BCUT2D eigenvalue weighted by Crippen LogP contribution is -2.42. The maximum Gasteiger partial charge on any atom is 0.142 e. The molecule has 0 aliphatic carbocycles. The highest BCUT2D eigenvalue weighted by molar-refractivity contribution is 7.09. The van der Waals surface area contributed by atoms with Gasteiger partial charge in [-0.05, 0) is 12.1 Å². The van der Waals surface area contributed by atoms with Crippen LogP contribution in [0.5, 0.6) is 0 Å². The third-order valence-corrected chi connectivity index (χ3v) is 4.84. The fourth-order valence-corrected chi connectivity index (χ4v) is 3.60. The maximum atomic E-state index is 13.6. The minimum absolute atomic E-state index is 0.0278. The van der Waals surface area contributed by atoms with Crippen LogP contribution >= 0.6 is 34.5 Å². The largest absolute Gasteiger partial charge is 0.314 e. The van der Waals surface area contributed by atoms with Crippen LogP contribution in [-0.4, -0.2) is 36.1 Å². The van der Waals surface area contributed by atoms with Gasteiger partial charge in [-0.2, -0.15) is 0 Å². The molecule has 112 valence electrons. The molecule has 21 heavy (non-hydrogen) atoms. The third kappa shape index (κ3) is 3.55. The van der Waals surface area contributed by atoms with Crippen LogP contribution in [0.4, 0.5) is 4.39 Å². The second-order valence-corrected chi connectivity index (χ2v) is 6.66. The van der Waals surface area contributed by atoms with E-state index in [-0.39, 0.29) is 5.02 Å². The van der Waals surface area contributed by atoms with Crippen LogP contribution in [0, 0.1) is 5.82 Å². The van der Waals surface area contributed by atoms with Gasteiger partial charge >= 0.3 is 0 Å². The summed E-state index contributed by atoms with van der Waals surface area (Å²) in [7, 11) is 0. The van der Waals surface area contributed by atoms with Crippen molar-refractivity contribution in [3.63, 3.8) is 0 Å². The normalized spacial score (nSPS) is 16.3. The topological polar surface area (TPSA) is 28.2 Å². The highest BCUT2D eigenvalue weighted by Gasteiger charge is 2.15.